The second-order valence-corrected chi connectivity index (χ2v) is 6.75. The number of carbonyl (C=O) groups excluding carboxylic acids is 2. The Kier molecular flexibility index (Phi) is 21.0. The third-order valence-electron chi connectivity index (χ3n) is 3.63. The van der Waals surface area contributed by atoms with Crippen molar-refractivity contribution in [3.63, 3.8) is 0 Å². The molecule has 0 aromatic heterocycles. The molecule has 0 bridgehead atoms. The molecule has 0 aliphatic carbocycles. The van der Waals surface area contributed by atoms with Crippen LogP contribution < -0.4 is 5.73 Å². The summed E-state index contributed by atoms with van der Waals surface area (Å²) >= 11 is 1.62. The molecule has 6 heteroatoms. The molecule has 0 fully saturated rings. The van der Waals surface area contributed by atoms with Crippen LogP contribution in [0, 0.1) is 0 Å². The van der Waals surface area contributed by atoms with Crippen LogP contribution in [0.2, 0.25) is 0 Å². The number of esters is 2. The summed E-state index contributed by atoms with van der Waals surface area (Å²) in [5, 5.41) is 0. The normalized spacial score (nSPS) is 11.6. The van der Waals surface area contributed by atoms with Gasteiger partial charge in [0.2, 0.25) is 0 Å². The Labute approximate surface area is 168 Å². The minimum atomic E-state index is -0.681. The van der Waals surface area contributed by atoms with Crippen LogP contribution in [-0.4, -0.2) is 59.5 Å². The molecule has 0 aromatic rings. The van der Waals surface area contributed by atoms with E-state index in [0.29, 0.717) is 12.8 Å². The Hall–Kier alpha value is 0.450. The van der Waals surface area contributed by atoms with Crippen LogP contribution in [0.4, 0.5) is 0 Å². The van der Waals surface area contributed by atoms with Gasteiger partial charge in [-0.05, 0) is 24.9 Å². The molecule has 2 N–H and O–H groups in total. The molecular weight excluding hydrogens is 321 g/mol. The van der Waals surface area contributed by atoms with Crippen LogP contribution in [0.5, 0.6) is 0 Å². The molecule has 0 spiro atoms. The van der Waals surface area contributed by atoms with Gasteiger partial charge in [0.05, 0.1) is 0 Å². The van der Waals surface area contributed by atoms with Gasteiger partial charge in [-0.1, -0.05) is 58.3 Å². The van der Waals surface area contributed by atoms with Gasteiger partial charge >= 0.3 is 11.9 Å². The fourth-order valence-electron chi connectivity index (χ4n) is 2.18. The van der Waals surface area contributed by atoms with Gasteiger partial charge in [-0.2, -0.15) is 11.8 Å². The van der Waals surface area contributed by atoms with Crippen molar-refractivity contribution >= 4 is 53.3 Å². The standard InChI is InChI=1S/C17H33NO3S.Na/c1-3-4-5-6-7-8-9-10-11-12-16(19)21-17(20)15(18)13-14-22-2;/h15H,3-14,18H2,1-2H3;/t15-;/m0./s1. The second-order valence-electron chi connectivity index (χ2n) is 5.76. The zero-order valence-electron chi connectivity index (χ0n) is 15.3. The van der Waals surface area contributed by atoms with Crippen LogP contribution in [0.25, 0.3) is 0 Å². The number of thioether (sulfide) groups is 1. The Bertz CT molecular complexity index is 304. The van der Waals surface area contributed by atoms with Crippen molar-refractivity contribution in [2.75, 3.05) is 12.0 Å². The van der Waals surface area contributed by atoms with E-state index < -0.39 is 18.0 Å². The SMILES string of the molecule is CCCCCCCCCCCC(=O)OC(=O)[C@@H](N)CCSC.[Na]. The van der Waals surface area contributed by atoms with E-state index in [2.05, 4.69) is 6.92 Å². The van der Waals surface area contributed by atoms with Crippen molar-refractivity contribution in [2.45, 2.75) is 83.6 Å². The van der Waals surface area contributed by atoms with Crippen molar-refractivity contribution < 1.29 is 14.3 Å². The van der Waals surface area contributed by atoms with Gasteiger partial charge in [-0.15, -0.1) is 0 Å². The molecule has 4 nitrogen and oxygen atoms in total. The summed E-state index contributed by atoms with van der Waals surface area (Å²) in [7, 11) is 0. The minimum Gasteiger partial charge on any atom is -0.392 e. The largest absolute Gasteiger partial charge is 0.392 e. The topological polar surface area (TPSA) is 69.4 Å². The molecule has 0 unspecified atom stereocenters. The first-order chi connectivity index (χ1) is 10.6. The third-order valence-corrected chi connectivity index (χ3v) is 4.28. The van der Waals surface area contributed by atoms with Crippen LogP contribution in [0.1, 0.15) is 77.6 Å². The summed E-state index contributed by atoms with van der Waals surface area (Å²) in [6.45, 7) is 2.22. The molecule has 0 saturated heterocycles. The average molecular weight is 355 g/mol. The zero-order chi connectivity index (χ0) is 16.6. The Balaban J connectivity index is 0. The van der Waals surface area contributed by atoms with Gasteiger partial charge in [0.1, 0.15) is 6.04 Å². The molecular formula is C17H33NNaO3S. The van der Waals surface area contributed by atoms with E-state index in [9.17, 15) is 9.59 Å². The van der Waals surface area contributed by atoms with Crippen LogP contribution in [0.15, 0.2) is 0 Å². The predicted molar refractivity (Wildman–Crippen MR) is 99.7 cm³/mol. The van der Waals surface area contributed by atoms with Crippen LogP contribution >= 0.6 is 11.8 Å². The van der Waals surface area contributed by atoms with E-state index in [0.717, 1.165) is 25.0 Å². The molecule has 0 rings (SSSR count). The summed E-state index contributed by atoms with van der Waals surface area (Å²) < 4.78 is 4.77. The summed E-state index contributed by atoms with van der Waals surface area (Å²) in [4.78, 5) is 23.1. The number of hydrogen-bond acceptors (Lipinski definition) is 5. The van der Waals surface area contributed by atoms with Gasteiger partial charge in [0, 0.05) is 36.0 Å². The van der Waals surface area contributed by atoms with Crippen molar-refractivity contribution in [1.82, 2.24) is 0 Å². The molecule has 0 aliphatic heterocycles. The molecule has 1 radical (unpaired) electrons. The van der Waals surface area contributed by atoms with Gasteiger partial charge in [-0.25, -0.2) is 4.79 Å². The predicted octanol–water partition coefficient (Wildman–Crippen LogP) is 3.68. The Morgan fingerprint density at radius 2 is 1.52 bits per heavy atom. The second kappa shape index (κ2) is 18.8. The van der Waals surface area contributed by atoms with Crippen molar-refractivity contribution in [3.8, 4) is 0 Å². The van der Waals surface area contributed by atoms with E-state index in [-0.39, 0.29) is 29.6 Å². The fraction of sp³-hybridized carbons (Fsp3) is 0.882. The summed E-state index contributed by atoms with van der Waals surface area (Å²) in [5.41, 5.74) is 5.66. The van der Waals surface area contributed by atoms with E-state index in [4.69, 9.17) is 10.5 Å². The van der Waals surface area contributed by atoms with Gasteiger partial charge in [0.25, 0.3) is 0 Å². The van der Waals surface area contributed by atoms with E-state index in [1.165, 1.54) is 38.5 Å². The number of unbranched alkanes of at least 4 members (excludes halogenated alkanes) is 8. The molecule has 0 heterocycles. The van der Waals surface area contributed by atoms with Gasteiger partial charge in [0.15, 0.2) is 0 Å². The molecule has 131 valence electrons. The van der Waals surface area contributed by atoms with Crippen molar-refractivity contribution in [1.29, 1.82) is 0 Å². The average Bonchev–Trinajstić information content (AvgIpc) is 2.50. The van der Waals surface area contributed by atoms with Crippen molar-refractivity contribution in [3.05, 3.63) is 0 Å². The number of carbonyl (C=O) groups is 2. The van der Waals surface area contributed by atoms with Crippen molar-refractivity contribution in [2.24, 2.45) is 5.73 Å². The molecule has 23 heavy (non-hydrogen) atoms. The first-order valence-electron chi connectivity index (χ1n) is 8.60. The summed E-state index contributed by atoms with van der Waals surface area (Å²) in [6, 6.07) is -0.681. The molecule has 0 amide bonds. The van der Waals surface area contributed by atoms with E-state index >= 15 is 0 Å². The maximum atomic E-state index is 11.5. The fourth-order valence-corrected chi connectivity index (χ4v) is 2.67. The third kappa shape index (κ3) is 17.1. The molecule has 0 aromatic carbocycles. The monoisotopic (exact) mass is 354 g/mol. The summed E-state index contributed by atoms with van der Waals surface area (Å²) in [6.07, 6.45) is 13.6. The number of rotatable bonds is 14. The first kappa shape index (κ1) is 25.7. The molecule has 0 aliphatic rings. The zero-order valence-corrected chi connectivity index (χ0v) is 18.1. The van der Waals surface area contributed by atoms with Crippen LogP contribution in [0.3, 0.4) is 0 Å². The smallest absolute Gasteiger partial charge is 0.330 e. The number of ether oxygens (including phenoxy) is 1. The minimum absolute atomic E-state index is 0. The maximum absolute atomic E-state index is 11.5. The number of hydrogen-bond donors (Lipinski definition) is 1. The molecule has 0 saturated carbocycles. The quantitative estimate of drug-likeness (QED) is 0.223. The van der Waals surface area contributed by atoms with Crippen LogP contribution in [-0.2, 0) is 14.3 Å². The number of nitrogens with two attached hydrogens (primary N) is 1. The van der Waals surface area contributed by atoms with Gasteiger partial charge < -0.3 is 10.5 Å². The molecule has 1 atom stereocenters. The summed E-state index contributed by atoms with van der Waals surface area (Å²) in [5.74, 6) is -0.231. The Morgan fingerprint density at radius 3 is 2.04 bits per heavy atom. The van der Waals surface area contributed by atoms with Gasteiger partial charge in [-0.3, -0.25) is 4.79 Å². The Morgan fingerprint density at radius 1 is 1.00 bits per heavy atom. The maximum Gasteiger partial charge on any atom is 0.330 e. The van der Waals surface area contributed by atoms with E-state index in [1.807, 2.05) is 6.26 Å². The van der Waals surface area contributed by atoms with E-state index in [1.54, 1.807) is 11.8 Å². The first-order valence-corrected chi connectivity index (χ1v) is 10.00.